The molecule has 0 atom stereocenters. The van der Waals surface area contributed by atoms with Crippen LogP contribution in [0.15, 0.2) is 29.1 Å². The lowest BCUT2D eigenvalue weighted by Crippen LogP contribution is -2.50. The van der Waals surface area contributed by atoms with E-state index in [9.17, 15) is 9.59 Å². The van der Waals surface area contributed by atoms with Crippen molar-refractivity contribution in [2.45, 2.75) is 52.2 Å². The van der Waals surface area contributed by atoms with Crippen molar-refractivity contribution < 1.29 is 4.79 Å². The third-order valence-electron chi connectivity index (χ3n) is 4.59. The van der Waals surface area contributed by atoms with Crippen LogP contribution in [-0.2, 0) is 17.9 Å². The first-order chi connectivity index (χ1) is 11.0. The van der Waals surface area contributed by atoms with E-state index in [0.29, 0.717) is 13.1 Å². The van der Waals surface area contributed by atoms with Crippen molar-refractivity contribution in [2.24, 2.45) is 5.73 Å². The summed E-state index contributed by atoms with van der Waals surface area (Å²) in [6, 6.07) is 7.52. The summed E-state index contributed by atoms with van der Waals surface area (Å²) in [4.78, 5) is 24.7. The quantitative estimate of drug-likeness (QED) is 0.796. The largest absolute Gasteiger partial charge is 0.353 e. The van der Waals surface area contributed by atoms with Crippen LogP contribution >= 0.6 is 12.4 Å². The number of nitrogens with two attached hydrogens (primary N) is 1. The molecule has 6 nitrogen and oxygen atoms in total. The first kappa shape index (κ1) is 20.3. The molecule has 1 aromatic heterocycles. The maximum atomic E-state index is 12.5. The minimum Gasteiger partial charge on any atom is -0.353 e. The Morgan fingerprint density at radius 3 is 2.17 bits per heavy atom. The van der Waals surface area contributed by atoms with Gasteiger partial charge in [0.15, 0.2) is 0 Å². The SMILES string of the molecule is CCn1c(=O)n(CC(=O)NCC(N)(CC)CC)c2ccccc21.Cl. The van der Waals surface area contributed by atoms with Gasteiger partial charge in [0, 0.05) is 18.6 Å². The number of halogens is 1. The van der Waals surface area contributed by atoms with Crippen LogP contribution in [0.5, 0.6) is 0 Å². The van der Waals surface area contributed by atoms with E-state index >= 15 is 0 Å². The van der Waals surface area contributed by atoms with Gasteiger partial charge >= 0.3 is 5.69 Å². The van der Waals surface area contributed by atoms with E-state index in [1.807, 2.05) is 45.0 Å². The Morgan fingerprint density at radius 2 is 1.67 bits per heavy atom. The molecule has 24 heavy (non-hydrogen) atoms. The monoisotopic (exact) mass is 354 g/mol. The van der Waals surface area contributed by atoms with Crippen LogP contribution in [0.1, 0.15) is 33.6 Å². The zero-order valence-electron chi connectivity index (χ0n) is 14.5. The highest BCUT2D eigenvalue weighted by molar-refractivity contribution is 5.85. The maximum absolute atomic E-state index is 12.5. The Bertz CT molecular complexity index is 747. The Labute approximate surface area is 148 Å². The van der Waals surface area contributed by atoms with E-state index in [4.69, 9.17) is 5.73 Å². The Kier molecular flexibility index (Phi) is 7.05. The van der Waals surface area contributed by atoms with Crippen LogP contribution in [0.3, 0.4) is 0 Å². The third-order valence-corrected chi connectivity index (χ3v) is 4.59. The van der Waals surface area contributed by atoms with Crippen LogP contribution in [0.25, 0.3) is 11.0 Å². The number of nitrogens with zero attached hydrogens (tertiary/aromatic N) is 2. The molecule has 1 aromatic carbocycles. The molecule has 2 aromatic rings. The Hall–Kier alpha value is -1.79. The van der Waals surface area contributed by atoms with Gasteiger partial charge in [-0.1, -0.05) is 26.0 Å². The number of para-hydroxylation sites is 2. The second-order valence-corrected chi connectivity index (χ2v) is 5.95. The van der Waals surface area contributed by atoms with Gasteiger partial charge in [0.1, 0.15) is 6.54 Å². The smallest absolute Gasteiger partial charge is 0.329 e. The lowest BCUT2D eigenvalue weighted by atomic mass is 9.94. The molecule has 0 saturated carbocycles. The van der Waals surface area contributed by atoms with Crippen LogP contribution in [0.2, 0.25) is 0 Å². The molecule has 0 aliphatic carbocycles. The molecule has 3 N–H and O–H groups in total. The summed E-state index contributed by atoms with van der Waals surface area (Å²) in [6.07, 6.45) is 1.58. The summed E-state index contributed by atoms with van der Waals surface area (Å²) in [5.74, 6) is -0.192. The number of carbonyl (C=O) groups excluding carboxylic acids is 1. The number of rotatable bonds is 7. The molecule has 7 heteroatoms. The van der Waals surface area contributed by atoms with Gasteiger partial charge in [0.25, 0.3) is 0 Å². The summed E-state index contributed by atoms with van der Waals surface area (Å²) in [6.45, 7) is 6.94. The van der Waals surface area contributed by atoms with Gasteiger partial charge in [-0.05, 0) is 31.9 Å². The first-order valence-electron chi connectivity index (χ1n) is 8.19. The van der Waals surface area contributed by atoms with Crippen molar-refractivity contribution in [3.63, 3.8) is 0 Å². The molecule has 1 heterocycles. The Morgan fingerprint density at radius 1 is 1.12 bits per heavy atom. The Balaban J connectivity index is 0.00000288. The van der Waals surface area contributed by atoms with Crippen molar-refractivity contribution in [1.82, 2.24) is 14.5 Å². The lowest BCUT2D eigenvalue weighted by Gasteiger charge is -2.26. The number of carbonyl (C=O) groups is 1. The van der Waals surface area contributed by atoms with Gasteiger partial charge in [0.2, 0.25) is 5.91 Å². The molecular weight excluding hydrogens is 328 g/mol. The predicted octanol–water partition coefficient (Wildman–Crippen LogP) is 1.88. The minimum atomic E-state index is -0.391. The highest BCUT2D eigenvalue weighted by Gasteiger charge is 2.21. The summed E-state index contributed by atoms with van der Waals surface area (Å²) < 4.78 is 3.19. The second-order valence-electron chi connectivity index (χ2n) is 5.95. The number of amides is 1. The molecule has 0 aliphatic heterocycles. The number of hydrogen-bond donors (Lipinski definition) is 2. The lowest BCUT2D eigenvalue weighted by molar-refractivity contribution is -0.121. The van der Waals surface area contributed by atoms with E-state index < -0.39 is 5.54 Å². The molecule has 0 fully saturated rings. The van der Waals surface area contributed by atoms with E-state index in [1.165, 1.54) is 4.57 Å². The number of aromatic nitrogens is 2. The zero-order chi connectivity index (χ0) is 17.0. The highest BCUT2D eigenvalue weighted by atomic mass is 35.5. The fourth-order valence-electron chi connectivity index (χ4n) is 2.70. The van der Waals surface area contributed by atoms with Crippen LogP contribution in [0, 0.1) is 0 Å². The molecule has 1 amide bonds. The minimum absolute atomic E-state index is 0. The molecule has 2 rings (SSSR count). The molecule has 134 valence electrons. The standard InChI is InChI=1S/C17H26N4O2.ClH/c1-4-17(18,5-2)12-19-15(22)11-21-14-10-8-7-9-13(14)20(6-3)16(21)23;/h7-10H,4-6,11-12,18H2,1-3H3,(H,19,22);1H. The van der Waals surface area contributed by atoms with Gasteiger partial charge in [-0.25, -0.2) is 4.79 Å². The van der Waals surface area contributed by atoms with E-state index in [2.05, 4.69) is 5.32 Å². The van der Waals surface area contributed by atoms with Crippen molar-refractivity contribution in [1.29, 1.82) is 0 Å². The number of fused-ring (bicyclic) bond motifs is 1. The van der Waals surface area contributed by atoms with Gasteiger partial charge in [-0.3, -0.25) is 13.9 Å². The molecule has 0 bridgehead atoms. The van der Waals surface area contributed by atoms with Gasteiger partial charge in [-0.2, -0.15) is 0 Å². The maximum Gasteiger partial charge on any atom is 0.329 e. The highest BCUT2D eigenvalue weighted by Crippen LogP contribution is 2.13. The van der Waals surface area contributed by atoms with Crippen molar-refractivity contribution >= 4 is 29.3 Å². The van der Waals surface area contributed by atoms with Crippen molar-refractivity contribution in [2.75, 3.05) is 6.54 Å². The van der Waals surface area contributed by atoms with Gasteiger partial charge < -0.3 is 11.1 Å². The number of nitrogens with one attached hydrogen (secondary N) is 1. The summed E-state index contributed by atoms with van der Waals surface area (Å²) >= 11 is 0. The van der Waals surface area contributed by atoms with E-state index in [1.54, 1.807) is 4.57 Å². The normalized spacial score (nSPS) is 11.3. The third kappa shape index (κ3) is 3.99. The molecule has 0 unspecified atom stereocenters. The van der Waals surface area contributed by atoms with Crippen LogP contribution < -0.4 is 16.7 Å². The topological polar surface area (TPSA) is 82.0 Å². The van der Waals surface area contributed by atoms with Gasteiger partial charge in [0.05, 0.1) is 11.0 Å². The number of aryl methyl sites for hydroxylation is 1. The van der Waals surface area contributed by atoms with Crippen molar-refractivity contribution in [3.05, 3.63) is 34.7 Å². The fraction of sp³-hybridized carbons (Fsp3) is 0.529. The molecule has 0 aliphatic rings. The molecule has 0 radical (unpaired) electrons. The van der Waals surface area contributed by atoms with Gasteiger partial charge in [-0.15, -0.1) is 12.4 Å². The average Bonchev–Trinajstić information content (AvgIpc) is 2.84. The number of benzene rings is 1. The zero-order valence-corrected chi connectivity index (χ0v) is 15.4. The average molecular weight is 355 g/mol. The summed E-state index contributed by atoms with van der Waals surface area (Å²) in [5.41, 5.74) is 7.28. The van der Waals surface area contributed by atoms with Crippen LogP contribution in [-0.4, -0.2) is 27.1 Å². The van der Waals surface area contributed by atoms with E-state index in [-0.39, 0.29) is 30.5 Å². The summed E-state index contributed by atoms with van der Waals surface area (Å²) in [7, 11) is 0. The molecule has 0 saturated heterocycles. The summed E-state index contributed by atoms with van der Waals surface area (Å²) in [5, 5.41) is 2.86. The van der Waals surface area contributed by atoms with E-state index in [0.717, 1.165) is 23.9 Å². The number of imidazole rings is 1. The second kappa shape index (κ2) is 8.35. The number of hydrogen-bond acceptors (Lipinski definition) is 3. The van der Waals surface area contributed by atoms with Crippen LogP contribution in [0.4, 0.5) is 0 Å². The fourth-order valence-corrected chi connectivity index (χ4v) is 2.70. The molecular formula is C17H27ClN4O2. The first-order valence-corrected chi connectivity index (χ1v) is 8.19. The van der Waals surface area contributed by atoms with Crippen molar-refractivity contribution in [3.8, 4) is 0 Å². The molecule has 0 spiro atoms. The predicted molar refractivity (Wildman–Crippen MR) is 99.6 cm³/mol.